The normalized spacial score (nSPS) is 16.9. The SMILES string of the molecule is C[C@@H](OC(=O)c1c(-c2ccccc2)csc1NC(=O)C1CC1)C(=O)NC1CC1. The summed E-state index contributed by atoms with van der Waals surface area (Å²) in [7, 11) is 0. The quantitative estimate of drug-likeness (QED) is 0.698. The standard InChI is InChI=1S/C21H22N2O4S/c1-12(18(24)22-15-9-10-15)27-21(26)17-16(13-5-3-2-4-6-13)11-28-20(17)23-19(25)14-7-8-14/h2-6,11-12,14-15H,7-10H2,1H3,(H,22,24)(H,23,25)/t12-/m1/s1. The van der Waals surface area contributed by atoms with E-state index in [4.69, 9.17) is 4.74 Å². The fourth-order valence-electron chi connectivity index (χ4n) is 2.86. The van der Waals surface area contributed by atoms with E-state index in [0.29, 0.717) is 16.1 Å². The van der Waals surface area contributed by atoms with Crippen LogP contribution in [0.15, 0.2) is 35.7 Å². The van der Waals surface area contributed by atoms with Crippen molar-refractivity contribution in [2.75, 3.05) is 5.32 Å². The van der Waals surface area contributed by atoms with E-state index in [-0.39, 0.29) is 23.8 Å². The van der Waals surface area contributed by atoms with Gasteiger partial charge in [-0.15, -0.1) is 11.3 Å². The average Bonchev–Trinajstić information content (AvgIpc) is 3.61. The van der Waals surface area contributed by atoms with Gasteiger partial charge in [-0.05, 0) is 38.2 Å². The van der Waals surface area contributed by atoms with Gasteiger partial charge in [0.1, 0.15) is 10.6 Å². The summed E-state index contributed by atoms with van der Waals surface area (Å²) in [5.41, 5.74) is 1.85. The van der Waals surface area contributed by atoms with Gasteiger partial charge in [-0.1, -0.05) is 30.3 Å². The molecule has 1 aromatic heterocycles. The number of amides is 2. The van der Waals surface area contributed by atoms with E-state index in [0.717, 1.165) is 31.2 Å². The van der Waals surface area contributed by atoms with Crippen LogP contribution in [0.4, 0.5) is 5.00 Å². The van der Waals surface area contributed by atoms with Crippen molar-refractivity contribution in [3.63, 3.8) is 0 Å². The fraction of sp³-hybridized carbons (Fsp3) is 0.381. The van der Waals surface area contributed by atoms with Crippen molar-refractivity contribution in [3.05, 3.63) is 41.3 Å². The van der Waals surface area contributed by atoms with Crippen molar-refractivity contribution in [2.45, 2.75) is 44.8 Å². The number of carbonyl (C=O) groups excluding carboxylic acids is 3. The molecule has 0 radical (unpaired) electrons. The molecule has 2 amide bonds. The molecule has 28 heavy (non-hydrogen) atoms. The summed E-state index contributed by atoms with van der Waals surface area (Å²) in [5.74, 6) is -0.954. The van der Waals surface area contributed by atoms with Gasteiger partial charge in [-0.3, -0.25) is 9.59 Å². The molecular formula is C21H22N2O4S. The summed E-state index contributed by atoms with van der Waals surface area (Å²) >= 11 is 1.30. The molecule has 2 aromatic rings. The van der Waals surface area contributed by atoms with E-state index in [1.54, 1.807) is 6.92 Å². The number of carbonyl (C=O) groups is 3. The predicted octanol–water partition coefficient (Wildman–Crippen LogP) is 3.59. The molecule has 2 fully saturated rings. The number of benzene rings is 1. The highest BCUT2D eigenvalue weighted by Crippen LogP contribution is 2.38. The largest absolute Gasteiger partial charge is 0.449 e. The molecule has 0 spiro atoms. The summed E-state index contributed by atoms with van der Waals surface area (Å²) in [5, 5.41) is 8.01. The number of rotatable bonds is 7. The van der Waals surface area contributed by atoms with Crippen molar-refractivity contribution in [2.24, 2.45) is 5.92 Å². The molecule has 2 saturated carbocycles. The van der Waals surface area contributed by atoms with Gasteiger partial charge in [0, 0.05) is 22.9 Å². The van der Waals surface area contributed by atoms with Crippen molar-refractivity contribution >= 4 is 34.1 Å². The second kappa shape index (κ2) is 7.75. The summed E-state index contributed by atoms with van der Waals surface area (Å²) in [6, 6.07) is 9.66. The van der Waals surface area contributed by atoms with Crippen molar-refractivity contribution in [1.82, 2.24) is 5.32 Å². The monoisotopic (exact) mass is 398 g/mol. The minimum atomic E-state index is -0.899. The Labute approximate surface area is 167 Å². The van der Waals surface area contributed by atoms with Crippen LogP contribution in [-0.4, -0.2) is 29.9 Å². The van der Waals surface area contributed by atoms with Gasteiger partial charge in [-0.25, -0.2) is 4.79 Å². The first-order valence-corrected chi connectivity index (χ1v) is 10.4. The van der Waals surface area contributed by atoms with Gasteiger partial charge in [0.2, 0.25) is 5.91 Å². The van der Waals surface area contributed by atoms with Gasteiger partial charge in [0.15, 0.2) is 6.10 Å². The van der Waals surface area contributed by atoms with Gasteiger partial charge >= 0.3 is 5.97 Å². The Bertz CT molecular complexity index is 900. The smallest absolute Gasteiger partial charge is 0.342 e. The van der Waals surface area contributed by atoms with Gasteiger partial charge in [0.05, 0.1) is 0 Å². The van der Waals surface area contributed by atoms with Crippen LogP contribution in [-0.2, 0) is 14.3 Å². The first-order valence-electron chi connectivity index (χ1n) is 9.52. The average molecular weight is 398 g/mol. The van der Waals surface area contributed by atoms with E-state index < -0.39 is 12.1 Å². The summed E-state index contributed by atoms with van der Waals surface area (Å²) < 4.78 is 5.45. The maximum absolute atomic E-state index is 13.0. The zero-order valence-electron chi connectivity index (χ0n) is 15.6. The molecule has 0 aliphatic heterocycles. The topological polar surface area (TPSA) is 84.5 Å². The highest BCUT2D eigenvalue weighted by molar-refractivity contribution is 7.15. The third-order valence-corrected chi connectivity index (χ3v) is 5.74. The maximum atomic E-state index is 13.0. The molecule has 146 valence electrons. The minimum Gasteiger partial charge on any atom is -0.449 e. The van der Waals surface area contributed by atoms with Crippen molar-refractivity contribution in [3.8, 4) is 11.1 Å². The predicted molar refractivity (Wildman–Crippen MR) is 107 cm³/mol. The van der Waals surface area contributed by atoms with E-state index in [2.05, 4.69) is 10.6 Å². The molecule has 7 heteroatoms. The maximum Gasteiger partial charge on any atom is 0.342 e. The Morgan fingerprint density at radius 2 is 1.82 bits per heavy atom. The Morgan fingerprint density at radius 1 is 1.11 bits per heavy atom. The highest BCUT2D eigenvalue weighted by Gasteiger charge is 2.33. The summed E-state index contributed by atoms with van der Waals surface area (Å²) in [6.45, 7) is 1.56. The van der Waals surface area contributed by atoms with Crippen molar-refractivity contribution in [1.29, 1.82) is 0 Å². The van der Waals surface area contributed by atoms with Crippen LogP contribution >= 0.6 is 11.3 Å². The van der Waals surface area contributed by atoms with Gasteiger partial charge in [0.25, 0.3) is 5.91 Å². The molecule has 0 saturated heterocycles. The number of thiophene rings is 1. The first-order chi connectivity index (χ1) is 13.5. The number of nitrogens with one attached hydrogen (secondary N) is 2. The summed E-state index contributed by atoms with van der Waals surface area (Å²) in [4.78, 5) is 37.3. The van der Waals surface area contributed by atoms with Crippen LogP contribution in [0.1, 0.15) is 43.0 Å². The third kappa shape index (κ3) is 4.25. The summed E-state index contributed by atoms with van der Waals surface area (Å²) in [6.07, 6.45) is 2.78. The van der Waals surface area contributed by atoms with Crippen LogP contribution in [0, 0.1) is 5.92 Å². The lowest BCUT2D eigenvalue weighted by Gasteiger charge is -2.15. The fourth-order valence-corrected chi connectivity index (χ4v) is 3.82. The Balaban J connectivity index is 1.58. The van der Waals surface area contributed by atoms with E-state index in [9.17, 15) is 14.4 Å². The van der Waals surface area contributed by atoms with E-state index in [1.165, 1.54) is 11.3 Å². The Morgan fingerprint density at radius 3 is 2.46 bits per heavy atom. The molecule has 2 N–H and O–H groups in total. The zero-order valence-corrected chi connectivity index (χ0v) is 16.4. The number of ether oxygens (including phenoxy) is 1. The number of hydrogen-bond donors (Lipinski definition) is 2. The molecule has 0 unspecified atom stereocenters. The van der Waals surface area contributed by atoms with Crippen LogP contribution in [0.5, 0.6) is 0 Å². The molecule has 2 aliphatic carbocycles. The second-order valence-corrected chi connectivity index (χ2v) is 8.19. The van der Waals surface area contributed by atoms with E-state index >= 15 is 0 Å². The van der Waals surface area contributed by atoms with E-state index in [1.807, 2.05) is 35.7 Å². The molecule has 2 aliphatic rings. The Kier molecular flexibility index (Phi) is 5.17. The Hall–Kier alpha value is -2.67. The molecule has 6 nitrogen and oxygen atoms in total. The van der Waals surface area contributed by atoms with Crippen LogP contribution in [0.3, 0.4) is 0 Å². The molecule has 1 atom stereocenters. The molecular weight excluding hydrogens is 376 g/mol. The minimum absolute atomic E-state index is 0.0226. The number of anilines is 1. The number of hydrogen-bond acceptors (Lipinski definition) is 5. The molecule has 0 bridgehead atoms. The second-order valence-electron chi connectivity index (χ2n) is 7.31. The molecule has 1 aromatic carbocycles. The van der Waals surface area contributed by atoms with Crippen LogP contribution in [0.2, 0.25) is 0 Å². The lowest BCUT2D eigenvalue weighted by molar-refractivity contribution is -0.129. The molecule has 1 heterocycles. The first kappa shape index (κ1) is 18.7. The van der Waals surface area contributed by atoms with Gasteiger partial charge < -0.3 is 15.4 Å². The zero-order chi connectivity index (χ0) is 19.7. The lowest BCUT2D eigenvalue weighted by Crippen LogP contribution is -2.37. The third-order valence-electron chi connectivity index (χ3n) is 4.84. The number of esters is 1. The van der Waals surface area contributed by atoms with Gasteiger partial charge in [-0.2, -0.15) is 0 Å². The van der Waals surface area contributed by atoms with Crippen molar-refractivity contribution < 1.29 is 19.1 Å². The molecule has 4 rings (SSSR count). The van der Waals surface area contributed by atoms with Crippen LogP contribution in [0.25, 0.3) is 11.1 Å². The van der Waals surface area contributed by atoms with Crippen LogP contribution < -0.4 is 10.6 Å². The lowest BCUT2D eigenvalue weighted by atomic mass is 10.0. The highest BCUT2D eigenvalue weighted by atomic mass is 32.1.